The van der Waals surface area contributed by atoms with Gasteiger partial charge in [0.15, 0.2) is 5.92 Å². The third kappa shape index (κ3) is 6.57. The Hall–Kier alpha value is -3.82. The van der Waals surface area contributed by atoms with Gasteiger partial charge in [-0.05, 0) is 55.3 Å². The summed E-state index contributed by atoms with van der Waals surface area (Å²) in [5.41, 5.74) is 7.22. The monoisotopic (exact) mass is 570 g/mol. The van der Waals surface area contributed by atoms with Crippen molar-refractivity contribution in [1.29, 1.82) is 5.26 Å². The Morgan fingerprint density at radius 1 is 1.07 bits per heavy atom. The van der Waals surface area contributed by atoms with Gasteiger partial charge >= 0.3 is 6.18 Å². The number of amides is 2. The Balaban J connectivity index is 1.17. The molecule has 0 saturated carbocycles. The van der Waals surface area contributed by atoms with Crippen molar-refractivity contribution in [2.45, 2.75) is 37.5 Å². The summed E-state index contributed by atoms with van der Waals surface area (Å²) in [6, 6.07) is 15.6. The van der Waals surface area contributed by atoms with Crippen LogP contribution in [0.5, 0.6) is 5.75 Å². The molecule has 218 valence electrons. The Morgan fingerprint density at radius 2 is 1.83 bits per heavy atom. The number of anilines is 1. The number of nitrogens with one attached hydrogen (secondary N) is 2. The van der Waals surface area contributed by atoms with E-state index in [4.69, 9.17) is 10.00 Å². The molecule has 5 rings (SSSR count). The van der Waals surface area contributed by atoms with E-state index in [-0.39, 0.29) is 25.1 Å². The van der Waals surface area contributed by atoms with Crippen LogP contribution in [0.3, 0.4) is 0 Å². The third-order valence-corrected chi connectivity index (χ3v) is 8.07. The minimum atomic E-state index is -4.65. The minimum Gasteiger partial charge on any atom is -0.492 e. The number of halogens is 3. The van der Waals surface area contributed by atoms with E-state index in [2.05, 4.69) is 21.8 Å². The van der Waals surface area contributed by atoms with E-state index in [1.54, 1.807) is 34.1 Å². The van der Waals surface area contributed by atoms with Crippen LogP contribution in [0.4, 0.5) is 18.9 Å². The van der Waals surface area contributed by atoms with E-state index in [9.17, 15) is 22.8 Å². The lowest BCUT2D eigenvalue weighted by Crippen LogP contribution is -2.65. The zero-order valence-electron chi connectivity index (χ0n) is 22.6. The summed E-state index contributed by atoms with van der Waals surface area (Å²) in [4.78, 5) is 31.0. The molecule has 0 bridgehead atoms. The Labute approximate surface area is 236 Å². The SMILES string of the molecule is N#CCc1ccc(N2CCN(C(=O)c3cccc(OC[C@@H]4CCCN4C4CNNC(=O)C4C(F)(F)F)c3)CC2)cc1. The molecule has 9 nitrogen and oxygen atoms in total. The lowest BCUT2D eigenvalue weighted by atomic mass is 9.94. The number of carbonyl (C=O) groups excluding carboxylic acids is 2. The number of alkyl halides is 3. The van der Waals surface area contributed by atoms with Crippen molar-refractivity contribution in [3.63, 3.8) is 0 Å². The molecule has 2 amide bonds. The summed E-state index contributed by atoms with van der Waals surface area (Å²) < 4.78 is 47.1. The number of carbonyl (C=O) groups is 2. The molecule has 0 aliphatic carbocycles. The number of hydrazine groups is 1. The van der Waals surface area contributed by atoms with Gasteiger partial charge in [-0.3, -0.25) is 19.9 Å². The Kier molecular flexibility index (Phi) is 8.65. The fourth-order valence-electron chi connectivity index (χ4n) is 5.94. The molecular weight excluding hydrogens is 537 g/mol. The third-order valence-electron chi connectivity index (χ3n) is 8.07. The minimum absolute atomic E-state index is 0.00380. The maximum atomic E-state index is 13.7. The zero-order chi connectivity index (χ0) is 29.0. The van der Waals surface area contributed by atoms with Gasteiger partial charge in [-0.15, -0.1) is 0 Å². The highest BCUT2D eigenvalue weighted by molar-refractivity contribution is 5.94. The molecule has 3 saturated heterocycles. The summed E-state index contributed by atoms with van der Waals surface area (Å²) in [7, 11) is 0. The molecule has 3 heterocycles. The molecule has 12 heteroatoms. The van der Waals surface area contributed by atoms with E-state index in [0.29, 0.717) is 63.3 Å². The molecule has 0 radical (unpaired) electrons. The number of likely N-dealkylation sites (tertiary alicyclic amines) is 1. The Bertz CT molecular complexity index is 1270. The first-order chi connectivity index (χ1) is 19.7. The van der Waals surface area contributed by atoms with Crippen molar-refractivity contribution >= 4 is 17.5 Å². The van der Waals surface area contributed by atoms with Gasteiger partial charge in [0.2, 0.25) is 5.91 Å². The summed E-state index contributed by atoms with van der Waals surface area (Å²) in [5.74, 6) is -2.80. The molecular formula is C29H33F3N6O3. The average molecular weight is 571 g/mol. The predicted octanol–water partition coefficient (Wildman–Crippen LogP) is 2.74. The summed E-state index contributed by atoms with van der Waals surface area (Å²) in [5, 5.41) is 8.85. The molecule has 2 aromatic rings. The molecule has 3 aliphatic rings. The van der Waals surface area contributed by atoms with Crippen LogP contribution in [0.1, 0.15) is 28.8 Å². The smallest absolute Gasteiger partial charge is 0.402 e. The highest BCUT2D eigenvalue weighted by Gasteiger charge is 2.54. The highest BCUT2D eigenvalue weighted by Crippen LogP contribution is 2.35. The van der Waals surface area contributed by atoms with Crippen molar-refractivity contribution < 1.29 is 27.5 Å². The van der Waals surface area contributed by atoms with Crippen LogP contribution in [0.25, 0.3) is 0 Å². The molecule has 41 heavy (non-hydrogen) atoms. The maximum Gasteiger partial charge on any atom is 0.402 e. The normalized spacial score (nSPS) is 23.7. The van der Waals surface area contributed by atoms with Gasteiger partial charge < -0.3 is 14.5 Å². The van der Waals surface area contributed by atoms with E-state index < -0.39 is 24.0 Å². The number of nitriles is 1. The Morgan fingerprint density at radius 3 is 2.54 bits per heavy atom. The average Bonchev–Trinajstić information content (AvgIpc) is 3.44. The second kappa shape index (κ2) is 12.4. The molecule has 0 aromatic heterocycles. The van der Waals surface area contributed by atoms with Crippen molar-refractivity contribution in [3.8, 4) is 11.8 Å². The van der Waals surface area contributed by atoms with Crippen molar-refractivity contribution in [3.05, 3.63) is 59.7 Å². The van der Waals surface area contributed by atoms with Gasteiger partial charge in [0.05, 0.1) is 12.5 Å². The largest absolute Gasteiger partial charge is 0.492 e. The molecule has 2 aromatic carbocycles. The number of nitrogens with zero attached hydrogens (tertiary/aromatic N) is 4. The first-order valence-electron chi connectivity index (χ1n) is 13.8. The predicted molar refractivity (Wildman–Crippen MR) is 145 cm³/mol. The van der Waals surface area contributed by atoms with E-state index >= 15 is 0 Å². The van der Waals surface area contributed by atoms with Gasteiger partial charge in [-0.2, -0.15) is 18.4 Å². The maximum absolute atomic E-state index is 13.7. The van der Waals surface area contributed by atoms with Crippen LogP contribution in [0.15, 0.2) is 48.5 Å². The van der Waals surface area contributed by atoms with Gasteiger partial charge in [0.25, 0.3) is 5.91 Å². The number of piperazine rings is 1. The van der Waals surface area contributed by atoms with Gasteiger partial charge in [0.1, 0.15) is 12.4 Å². The fraction of sp³-hybridized carbons (Fsp3) is 0.483. The van der Waals surface area contributed by atoms with Crippen LogP contribution >= 0.6 is 0 Å². The molecule has 3 fully saturated rings. The molecule has 3 atom stereocenters. The van der Waals surface area contributed by atoms with E-state index in [0.717, 1.165) is 11.3 Å². The topological polar surface area (TPSA) is 101 Å². The van der Waals surface area contributed by atoms with Crippen LogP contribution in [0.2, 0.25) is 0 Å². The van der Waals surface area contributed by atoms with Crippen LogP contribution in [-0.4, -0.2) is 85.7 Å². The fourth-order valence-corrected chi connectivity index (χ4v) is 5.94. The summed E-state index contributed by atoms with van der Waals surface area (Å²) in [6.45, 7) is 3.10. The number of ether oxygens (including phenoxy) is 1. The molecule has 2 unspecified atom stereocenters. The van der Waals surface area contributed by atoms with Crippen LogP contribution in [-0.2, 0) is 11.2 Å². The summed E-state index contributed by atoms with van der Waals surface area (Å²) in [6.07, 6.45) is -2.90. The highest BCUT2D eigenvalue weighted by atomic mass is 19.4. The lowest BCUT2D eigenvalue weighted by molar-refractivity contribution is -0.201. The second-order valence-electron chi connectivity index (χ2n) is 10.6. The van der Waals surface area contributed by atoms with Crippen LogP contribution in [0, 0.1) is 17.2 Å². The van der Waals surface area contributed by atoms with Crippen molar-refractivity contribution in [2.75, 3.05) is 50.8 Å². The molecule has 3 aliphatic heterocycles. The zero-order valence-corrected chi connectivity index (χ0v) is 22.6. The van der Waals surface area contributed by atoms with Gasteiger partial charge in [-0.1, -0.05) is 18.2 Å². The van der Waals surface area contributed by atoms with Crippen LogP contribution < -0.4 is 20.5 Å². The first-order valence-corrected chi connectivity index (χ1v) is 13.8. The van der Waals surface area contributed by atoms with Crippen molar-refractivity contribution in [1.82, 2.24) is 20.7 Å². The van der Waals surface area contributed by atoms with Crippen molar-refractivity contribution in [2.24, 2.45) is 5.92 Å². The van der Waals surface area contributed by atoms with E-state index in [1.807, 2.05) is 24.3 Å². The lowest BCUT2D eigenvalue weighted by Gasteiger charge is -2.40. The number of rotatable bonds is 7. The number of hydrogen-bond donors (Lipinski definition) is 2. The first kappa shape index (κ1) is 28.7. The van der Waals surface area contributed by atoms with Gasteiger partial charge in [-0.25, -0.2) is 5.43 Å². The van der Waals surface area contributed by atoms with Gasteiger partial charge in [0, 0.05) is 56.1 Å². The second-order valence-corrected chi connectivity index (χ2v) is 10.6. The van der Waals surface area contributed by atoms with E-state index in [1.165, 1.54) is 0 Å². The summed E-state index contributed by atoms with van der Waals surface area (Å²) >= 11 is 0. The number of benzene rings is 2. The molecule has 0 spiro atoms. The number of hydrogen-bond acceptors (Lipinski definition) is 7. The molecule has 2 N–H and O–H groups in total. The standard InChI is InChI=1S/C29H33F3N6O3/c30-29(31,32)26-25(18-34-35-27(26)39)38-12-2-4-23(38)19-41-24-5-1-3-21(17-24)28(40)37-15-13-36(14-16-37)22-8-6-20(7-9-22)10-11-33/h1,3,5-9,17,23,25-26,34H,2,4,10,12-16,18-19H2,(H,35,39)/t23-,25?,26?/m0/s1. The quantitative estimate of drug-likeness (QED) is 0.528.